The second-order valence-electron chi connectivity index (χ2n) is 3.04. The summed E-state index contributed by atoms with van der Waals surface area (Å²) in [5.41, 5.74) is 0. The predicted molar refractivity (Wildman–Crippen MR) is 34.0 cm³/mol. The summed E-state index contributed by atoms with van der Waals surface area (Å²) in [7, 11) is 0. The summed E-state index contributed by atoms with van der Waals surface area (Å²) in [6.07, 6.45) is -28.3. The maximum Gasteiger partial charge on any atom is 0.462 e. The van der Waals surface area contributed by atoms with Crippen LogP contribution in [-0.4, -0.2) is 42.0 Å². The highest BCUT2D eigenvalue weighted by Gasteiger charge is 2.75. The molecule has 0 spiro atoms. The Kier molecular flexibility index (Phi) is 4.70. The van der Waals surface area contributed by atoms with Crippen molar-refractivity contribution in [2.45, 2.75) is 36.8 Å². The molecular formula is C6H3F11O2. The molecule has 0 aliphatic carbocycles. The fourth-order valence-electron chi connectivity index (χ4n) is 0.612. The molecule has 0 heterocycles. The molecule has 2 nitrogen and oxygen atoms in total. The van der Waals surface area contributed by atoms with Crippen molar-refractivity contribution in [3.8, 4) is 0 Å². The number of ether oxygens (including phenoxy) is 1. The summed E-state index contributed by atoms with van der Waals surface area (Å²) < 4.78 is 132. The fraction of sp³-hybridized carbons (Fsp3) is 1.00. The minimum atomic E-state index is -6.92. The Morgan fingerprint density at radius 1 is 0.789 bits per heavy atom. The largest absolute Gasteiger partial charge is 0.462 e. The minimum absolute atomic E-state index is 2.17. The third kappa shape index (κ3) is 3.81. The Morgan fingerprint density at radius 3 is 1.42 bits per heavy atom. The Balaban J connectivity index is 5.08. The van der Waals surface area contributed by atoms with Crippen LogP contribution in [0.2, 0.25) is 0 Å². The molecule has 0 rings (SSSR count). The van der Waals surface area contributed by atoms with E-state index >= 15 is 0 Å². The molecular weight excluding hydrogens is 313 g/mol. The van der Waals surface area contributed by atoms with Crippen molar-refractivity contribution in [1.29, 1.82) is 0 Å². The first-order valence-corrected chi connectivity index (χ1v) is 3.93. The number of halogens is 11. The van der Waals surface area contributed by atoms with Gasteiger partial charge < -0.3 is 5.11 Å². The van der Waals surface area contributed by atoms with E-state index < -0.39 is 36.8 Å². The van der Waals surface area contributed by atoms with E-state index in [0.29, 0.717) is 0 Å². The van der Waals surface area contributed by atoms with Crippen LogP contribution in [0.1, 0.15) is 0 Å². The van der Waals surface area contributed by atoms with E-state index in [1.54, 1.807) is 0 Å². The summed E-state index contributed by atoms with van der Waals surface area (Å²) >= 11 is 0. The van der Waals surface area contributed by atoms with Crippen molar-refractivity contribution in [2.24, 2.45) is 0 Å². The number of hydrogen-bond acceptors (Lipinski definition) is 2. The van der Waals surface area contributed by atoms with Gasteiger partial charge in [0.05, 0.1) is 0 Å². The highest BCUT2D eigenvalue weighted by atomic mass is 19.4. The first kappa shape index (κ1) is 18.1. The van der Waals surface area contributed by atoms with Crippen molar-refractivity contribution in [3.05, 3.63) is 0 Å². The summed E-state index contributed by atoms with van der Waals surface area (Å²) in [4.78, 5) is 0. The summed E-state index contributed by atoms with van der Waals surface area (Å²) in [6, 6.07) is 0. The van der Waals surface area contributed by atoms with Crippen molar-refractivity contribution in [2.75, 3.05) is 0 Å². The lowest BCUT2D eigenvalue weighted by Crippen LogP contribution is -2.56. The zero-order valence-corrected chi connectivity index (χ0v) is 8.17. The van der Waals surface area contributed by atoms with Crippen LogP contribution in [0.25, 0.3) is 0 Å². The van der Waals surface area contributed by atoms with E-state index in [2.05, 4.69) is 4.74 Å². The van der Waals surface area contributed by atoms with Gasteiger partial charge in [-0.3, -0.25) is 4.74 Å². The van der Waals surface area contributed by atoms with Gasteiger partial charge in [-0.15, -0.1) is 0 Å². The van der Waals surface area contributed by atoms with E-state index in [-0.39, 0.29) is 0 Å². The SMILES string of the molecule is OC(OC(F)(F)C(F)(F)C(F)(F)F)C(F)C(F)(F)F. The summed E-state index contributed by atoms with van der Waals surface area (Å²) in [5.74, 6) is -6.92. The summed E-state index contributed by atoms with van der Waals surface area (Å²) in [5, 5.41) is 8.12. The fourth-order valence-corrected chi connectivity index (χ4v) is 0.612. The van der Waals surface area contributed by atoms with Gasteiger partial charge in [-0.1, -0.05) is 0 Å². The number of hydrogen-bond donors (Lipinski definition) is 1. The molecule has 0 aromatic heterocycles. The Morgan fingerprint density at radius 2 is 1.16 bits per heavy atom. The monoisotopic (exact) mass is 316 g/mol. The normalized spacial score (nSPS) is 18.3. The van der Waals surface area contributed by atoms with Crippen LogP contribution in [0, 0.1) is 0 Å². The topological polar surface area (TPSA) is 29.5 Å². The van der Waals surface area contributed by atoms with Crippen LogP contribution in [0.4, 0.5) is 48.3 Å². The smallest absolute Gasteiger partial charge is 0.365 e. The Hall–Kier alpha value is -0.850. The second kappa shape index (κ2) is 4.92. The Labute approximate surface area is 96.3 Å². The molecule has 0 saturated carbocycles. The van der Waals surface area contributed by atoms with Crippen molar-refractivity contribution in [1.82, 2.24) is 0 Å². The number of aliphatic hydroxyl groups is 1. The van der Waals surface area contributed by atoms with E-state index in [1.807, 2.05) is 0 Å². The van der Waals surface area contributed by atoms with Gasteiger partial charge in [0.2, 0.25) is 12.5 Å². The predicted octanol–water partition coefficient (Wildman–Crippen LogP) is 3.01. The molecule has 2 atom stereocenters. The minimum Gasteiger partial charge on any atom is -0.365 e. The zero-order valence-electron chi connectivity index (χ0n) is 8.17. The molecule has 0 bridgehead atoms. The average molecular weight is 316 g/mol. The maximum absolute atomic E-state index is 12.3. The van der Waals surface area contributed by atoms with Crippen LogP contribution < -0.4 is 0 Å². The first-order valence-electron chi connectivity index (χ1n) is 3.93. The number of rotatable bonds is 4. The average Bonchev–Trinajstić information content (AvgIpc) is 2.12. The molecule has 13 heteroatoms. The molecule has 0 radical (unpaired) electrons. The molecule has 2 unspecified atom stereocenters. The second-order valence-corrected chi connectivity index (χ2v) is 3.04. The van der Waals surface area contributed by atoms with E-state index in [9.17, 15) is 48.3 Å². The van der Waals surface area contributed by atoms with E-state index in [4.69, 9.17) is 5.11 Å². The molecule has 0 saturated heterocycles. The lowest BCUT2D eigenvalue weighted by molar-refractivity contribution is -0.452. The van der Waals surface area contributed by atoms with Gasteiger partial charge in [0.1, 0.15) is 0 Å². The van der Waals surface area contributed by atoms with Gasteiger partial charge in [-0.05, 0) is 0 Å². The Bertz CT molecular complexity index is 305. The van der Waals surface area contributed by atoms with E-state index in [0.717, 1.165) is 0 Å². The first-order chi connectivity index (χ1) is 8.04. The third-order valence-electron chi connectivity index (χ3n) is 1.55. The van der Waals surface area contributed by atoms with Gasteiger partial charge in [-0.2, -0.15) is 43.9 Å². The van der Waals surface area contributed by atoms with Crippen molar-refractivity contribution < 1.29 is 58.1 Å². The van der Waals surface area contributed by atoms with Gasteiger partial charge in [0.15, 0.2) is 0 Å². The third-order valence-corrected chi connectivity index (χ3v) is 1.55. The van der Waals surface area contributed by atoms with Crippen molar-refractivity contribution in [3.63, 3.8) is 0 Å². The molecule has 0 fully saturated rings. The number of aliphatic hydroxyl groups excluding tert-OH is 1. The van der Waals surface area contributed by atoms with Crippen LogP contribution in [0.15, 0.2) is 0 Å². The van der Waals surface area contributed by atoms with Crippen molar-refractivity contribution >= 4 is 0 Å². The lowest BCUT2D eigenvalue weighted by atomic mass is 10.3. The van der Waals surface area contributed by atoms with E-state index in [1.165, 1.54) is 0 Å². The van der Waals surface area contributed by atoms with Crippen LogP contribution in [0.5, 0.6) is 0 Å². The molecule has 1 N–H and O–H groups in total. The molecule has 116 valence electrons. The molecule has 19 heavy (non-hydrogen) atoms. The molecule has 0 amide bonds. The molecule has 0 aliphatic heterocycles. The van der Waals surface area contributed by atoms with Crippen LogP contribution in [-0.2, 0) is 4.74 Å². The number of alkyl halides is 11. The van der Waals surface area contributed by atoms with Crippen LogP contribution >= 0.6 is 0 Å². The molecule has 0 aromatic carbocycles. The van der Waals surface area contributed by atoms with Gasteiger partial charge in [0, 0.05) is 0 Å². The van der Waals surface area contributed by atoms with Gasteiger partial charge >= 0.3 is 24.4 Å². The highest BCUT2D eigenvalue weighted by Crippen LogP contribution is 2.47. The van der Waals surface area contributed by atoms with Gasteiger partial charge in [-0.25, -0.2) is 4.39 Å². The summed E-state index contributed by atoms with van der Waals surface area (Å²) in [6.45, 7) is 0. The maximum atomic E-state index is 12.3. The quantitative estimate of drug-likeness (QED) is 0.638. The molecule has 0 aliphatic rings. The molecule has 0 aromatic rings. The van der Waals surface area contributed by atoms with Gasteiger partial charge in [0.25, 0.3) is 0 Å². The van der Waals surface area contributed by atoms with Crippen LogP contribution in [0.3, 0.4) is 0 Å². The standard InChI is InChI=1S/C6H3F11O2/c7-1(3(8,9)10)2(18)19-6(16,17)4(11,12)5(13,14)15/h1-2,18H. The zero-order chi connectivity index (χ0) is 15.9. The lowest BCUT2D eigenvalue weighted by Gasteiger charge is -2.30. The highest BCUT2D eigenvalue weighted by molar-refractivity contribution is 4.86.